The van der Waals surface area contributed by atoms with Crippen LogP contribution in [0.3, 0.4) is 0 Å². The van der Waals surface area contributed by atoms with Crippen molar-refractivity contribution in [3.05, 3.63) is 39.2 Å². The van der Waals surface area contributed by atoms with Gasteiger partial charge in [-0.05, 0) is 60.8 Å². The predicted octanol–water partition coefficient (Wildman–Crippen LogP) is 2.93. The molecular formula is C17H20F3N5O2S. The Morgan fingerprint density at radius 2 is 1.75 bits per heavy atom. The van der Waals surface area contributed by atoms with Crippen LogP contribution in [0, 0.1) is 0 Å². The van der Waals surface area contributed by atoms with Gasteiger partial charge in [-0.25, -0.2) is 23.5 Å². The number of hydrogen-bond acceptors (Lipinski definition) is 4. The van der Waals surface area contributed by atoms with Crippen LogP contribution in [0.5, 0.6) is 0 Å². The van der Waals surface area contributed by atoms with Crippen molar-refractivity contribution in [1.29, 1.82) is 0 Å². The number of urea groups is 1. The van der Waals surface area contributed by atoms with E-state index in [1.54, 1.807) is 0 Å². The lowest BCUT2D eigenvalue weighted by atomic mass is 9.99. The molecule has 0 aromatic heterocycles. The summed E-state index contributed by atoms with van der Waals surface area (Å²) in [5.74, 6) is -1.54. The zero-order valence-electron chi connectivity index (χ0n) is 14.9. The molecule has 1 unspecified atom stereocenters. The molecule has 7 nitrogen and oxygen atoms in total. The van der Waals surface area contributed by atoms with Gasteiger partial charge in [0.05, 0.1) is 6.21 Å². The van der Waals surface area contributed by atoms with Crippen molar-refractivity contribution in [2.75, 3.05) is 5.32 Å². The molecule has 1 aromatic rings. The van der Waals surface area contributed by atoms with Gasteiger partial charge in [-0.2, -0.15) is 8.78 Å². The maximum atomic E-state index is 13.7. The van der Waals surface area contributed by atoms with Crippen LogP contribution < -0.4 is 16.2 Å². The third-order valence-electron chi connectivity index (χ3n) is 4.77. The molecule has 28 heavy (non-hydrogen) atoms. The number of allylic oxidation sites excluding steroid dienone is 1. The SMILES string of the molecule is NC(=C(F)C=NC(F)F)S(N)(=O)=NC(=O)Nc1c2c(cc3c1CCC3)CCC2. The zero-order chi connectivity index (χ0) is 20.5. The van der Waals surface area contributed by atoms with Gasteiger partial charge in [-0.3, -0.25) is 0 Å². The average molecular weight is 415 g/mol. The molecule has 1 atom stereocenters. The average Bonchev–Trinajstić information content (AvgIpc) is 3.27. The molecule has 2 aliphatic carbocycles. The van der Waals surface area contributed by atoms with Crippen molar-refractivity contribution in [2.24, 2.45) is 20.2 Å². The second kappa shape index (κ2) is 7.92. The molecule has 0 aliphatic heterocycles. The van der Waals surface area contributed by atoms with Crippen LogP contribution in [-0.4, -0.2) is 23.0 Å². The number of hydrogen-bond donors (Lipinski definition) is 3. The number of rotatable bonds is 4. The maximum absolute atomic E-state index is 13.7. The molecule has 1 aromatic carbocycles. The van der Waals surface area contributed by atoms with Gasteiger partial charge < -0.3 is 11.1 Å². The summed E-state index contributed by atoms with van der Waals surface area (Å²) in [7, 11) is -4.15. The summed E-state index contributed by atoms with van der Waals surface area (Å²) in [5.41, 5.74) is 10.3. The molecule has 11 heteroatoms. The first kappa shape index (κ1) is 20.3. The largest absolute Gasteiger partial charge is 0.387 e. The standard InChI is InChI=1S/C17H20F3N5O2S/c18-13(8-23-16(19)20)15(21)28(22,27)25-17(26)24-14-11-5-1-3-9(11)7-10-4-2-6-12(10)14/h7-8,16H,1-6,21H2,(H3,22,24,25,26,27). The quantitative estimate of drug-likeness (QED) is 0.517. The Hall–Kier alpha value is -2.40. The van der Waals surface area contributed by atoms with Crippen LogP contribution in [0.15, 0.2) is 26.3 Å². The Morgan fingerprint density at radius 1 is 1.18 bits per heavy atom. The first-order chi connectivity index (χ1) is 13.2. The van der Waals surface area contributed by atoms with Crippen LogP contribution in [0.1, 0.15) is 35.1 Å². The molecule has 0 radical (unpaired) electrons. The summed E-state index contributed by atoms with van der Waals surface area (Å²) < 4.78 is 53.3. The number of halogens is 3. The molecule has 0 bridgehead atoms. The number of benzene rings is 1. The molecule has 2 amide bonds. The summed E-state index contributed by atoms with van der Waals surface area (Å²) in [6, 6.07) is 1.13. The second-order valence-electron chi connectivity index (χ2n) is 6.59. The normalized spacial score (nSPS) is 18.6. The van der Waals surface area contributed by atoms with Crippen molar-refractivity contribution in [3.8, 4) is 0 Å². The topological polar surface area (TPSA) is 123 Å². The minimum absolute atomic E-state index is 0.0941. The second-order valence-corrected chi connectivity index (χ2v) is 8.35. The van der Waals surface area contributed by atoms with E-state index in [1.165, 1.54) is 0 Å². The van der Waals surface area contributed by atoms with Crippen LogP contribution in [0.2, 0.25) is 0 Å². The summed E-state index contributed by atoms with van der Waals surface area (Å²) in [5, 5.41) is 6.87. The number of carbonyl (C=O) groups is 1. The van der Waals surface area contributed by atoms with E-state index in [9.17, 15) is 22.2 Å². The van der Waals surface area contributed by atoms with Crippen molar-refractivity contribution in [1.82, 2.24) is 0 Å². The van der Waals surface area contributed by atoms with Gasteiger partial charge in [0.2, 0.25) is 0 Å². The summed E-state index contributed by atoms with van der Waals surface area (Å²) >= 11 is 0. The van der Waals surface area contributed by atoms with Gasteiger partial charge >= 0.3 is 12.6 Å². The smallest absolute Gasteiger partial charge is 0.354 e. The number of carbonyl (C=O) groups excluding carboxylic acids is 1. The number of nitrogens with two attached hydrogens (primary N) is 2. The highest BCUT2D eigenvalue weighted by Gasteiger charge is 2.25. The van der Waals surface area contributed by atoms with Crippen LogP contribution in [-0.2, 0) is 35.6 Å². The van der Waals surface area contributed by atoms with Gasteiger partial charge in [-0.15, -0.1) is 4.36 Å². The molecule has 0 spiro atoms. The van der Waals surface area contributed by atoms with Gasteiger partial charge in [-0.1, -0.05) is 6.07 Å². The Labute approximate surface area is 160 Å². The highest BCUT2D eigenvalue weighted by atomic mass is 32.2. The fraction of sp³-hybridized carbons (Fsp3) is 0.412. The molecule has 0 saturated carbocycles. The Bertz CT molecular complexity index is 965. The van der Waals surface area contributed by atoms with Gasteiger partial charge in [0.25, 0.3) is 0 Å². The molecule has 152 valence electrons. The van der Waals surface area contributed by atoms with E-state index in [-0.39, 0.29) is 6.21 Å². The first-order valence-corrected chi connectivity index (χ1v) is 10.3. The zero-order valence-corrected chi connectivity index (χ0v) is 15.7. The molecule has 0 saturated heterocycles. The van der Waals surface area contributed by atoms with Crippen LogP contribution in [0.4, 0.5) is 23.7 Å². The highest BCUT2D eigenvalue weighted by Crippen LogP contribution is 2.38. The van der Waals surface area contributed by atoms with E-state index in [4.69, 9.17) is 10.9 Å². The van der Waals surface area contributed by atoms with E-state index in [2.05, 4.69) is 20.7 Å². The number of aryl methyl sites for hydroxylation is 2. The molecule has 2 aliphatic rings. The fourth-order valence-electron chi connectivity index (χ4n) is 3.59. The molecule has 3 rings (SSSR count). The molecular weight excluding hydrogens is 395 g/mol. The third-order valence-corrected chi connectivity index (χ3v) is 6.04. The van der Waals surface area contributed by atoms with Crippen LogP contribution >= 0.6 is 0 Å². The predicted molar refractivity (Wildman–Crippen MR) is 101 cm³/mol. The minimum atomic E-state index is -4.15. The lowest BCUT2D eigenvalue weighted by Crippen LogP contribution is -2.25. The van der Waals surface area contributed by atoms with Gasteiger partial charge in [0.1, 0.15) is 0 Å². The van der Waals surface area contributed by atoms with Crippen molar-refractivity contribution >= 4 is 27.8 Å². The van der Waals surface area contributed by atoms with Crippen LogP contribution in [0.25, 0.3) is 0 Å². The van der Waals surface area contributed by atoms with E-state index in [1.807, 2.05) is 0 Å². The molecule has 0 fully saturated rings. The van der Waals surface area contributed by atoms with E-state index >= 15 is 0 Å². The highest BCUT2D eigenvalue weighted by molar-refractivity contribution is 7.95. The van der Waals surface area contributed by atoms with E-state index in [0.29, 0.717) is 5.69 Å². The lowest BCUT2D eigenvalue weighted by molar-refractivity contribution is 0.160. The fourth-order valence-corrected chi connectivity index (χ4v) is 4.32. The minimum Gasteiger partial charge on any atom is -0.387 e. The monoisotopic (exact) mass is 415 g/mol. The number of amides is 2. The Kier molecular flexibility index (Phi) is 5.75. The lowest BCUT2D eigenvalue weighted by Gasteiger charge is -2.15. The number of fused-ring (bicyclic) bond motifs is 2. The first-order valence-electron chi connectivity index (χ1n) is 8.68. The number of nitrogens with one attached hydrogen (secondary N) is 1. The van der Waals surface area contributed by atoms with Crippen molar-refractivity contribution < 1.29 is 22.2 Å². The number of alkyl halides is 2. The molecule has 5 N–H and O–H groups in total. The van der Waals surface area contributed by atoms with E-state index < -0.39 is 33.4 Å². The van der Waals surface area contributed by atoms with E-state index in [0.717, 1.165) is 60.8 Å². The maximum Gasteiger partial charge on any atom is 0.354 e. The van der Waals surface area contributed by atoms with Crippen molar-refractivity contribution in [2.45, 2.75) is 45.1 Å². The van der Waals surface area contributed by atoms with Gasteiger partial charge in [0.15, 0.2) is 20.8 Å². The Balaban J connectivity index is 1.90. The Morgan fingerprint density at radius 3 is 2.29 bits per heavy atom. The number of anilines is 1. The summed E-state index contributed by atoms with van der Waals surface area (Å²) in [6.07, 6.45) is 5.47. The van der Waals surface area contributed by atoms with Crippen molar-refractivity contribution in [3.63, 3.8) is 0 Å². The number of nitrogens with zero attached hydrogens (tertiary/aromatic N) is 2. The third kappa shape index (κ3) is 4.20. The summed E-state index contributed by atoms with van der Waals surface area (Å²) in [4.78, 5) is 14.8. The van der Waals surface area contributed by atoms with Gasteiger partial charge in [0, 0.05) is 5.69 Å². The summed E-state index contributed by atoms with van der Waals surface area (Å²) in [6.45, 7) is -3.17. The molecule has 0 heterocycles. The number of aliphatic imine (C=N–C) groups is 1.